The van der Waals surface area contributed by atoms with Crippen molar-refractivity contribution in [1.29, 1.82) is 0 Å². The summed E-state index contributed by atoms with van der Waals surface area (Å²) in [6, 6.07) is 9.69. The van der Waals surface area contributed by atoms with E-state index in [0.717, 1.165) is 12.1 Å². The summed E-state index contributed by atoms with van der Waals surface area (Å²) in [7, 11) is 0. The maximum atomic E-state index is 6.12. The Kier molecular flexibility index (Phi) is 3.47. The van der Waals surface area contributed by atoms with Crippen LogP contribution in [0.1, 0.15) is 11.1 Å². The fourth-order valence-corrected chi connectivity index (χ4v) is 2.07. The van der Waals surface area contributed by atoms with Crippen molar-refractivity contribution in [3.8, 4) is 0 Å². The minimum atomic E-state index is 0.669. The lowest BCUT2D eigenvalue weighted by Gasteiger charge is -2.01. The molecule has 3 heteroatoms. The summed E-state index contributed by atoms with van der Waals surface area (Å²) >= 11 is 12.0. The third kappa shape index (κ3) is 2.75. The Morgan fingerprint density at radius 2 is 2.00 bits per heavy atom. The van der Waals surface area contributed by atoms with Gasteiger partial charge in [0.2, 0.25) is 0 Å². The molecule has 0 aliphatic carbocycles. The van der Waals surface area contributed by atoms with Crippen molar-refractivity contribution in [3.63, 3.8) is 0 Å². The Bertz CT molecular complexity index is 509. The second kappa shape index (κ2) is 4.86. The summed E-state index contributed by atoms with van der Waals surface area (Å²) in [6.45, 7) is 2.83. The third-order valence-electron chi connectivity index (χ3n) is 2.37. The second-order valence-electron chi connectivity index (χ2n) is 3.79. The highest BCUT2D eigenvalue weighted by Crippen LogP contribution is 2.20. The van der Waals surface area contributed by atoms with Gasteiger partial charge >= 0.3 is 0 Å². The quantitative estimate of drug-likeness (QED) is 0.719. The van der Waals surface area contributed by atoms with Crippen LogP contribution in [-0.2, 0) is 6.54 Å². The van der Waals surface area contributed by atoms with Crippen LogP contribution in [0.5, 0.6) is 0 Å². The SMILES string of the molecule is Cc1ccc[n+](Cc2ccc(Cl)cc2Cl)c1. The van der Waals surface area contributed by atoms with Gasteiger partial charge in [-0.05, 0) is 31.2 Å². The molecule has 2 aromatic rings. The number of aromatic nitrogens is 1. The summed E-state index contributed by atoms with van der Waals surface area (Å²) in [5.41, 5.74) is 2.30. The van der Waals surface area contributed by atoms with Gasteiger partial charge in [0.05, 0.1) is 5.02 Å². The molecule has 2 rings (SSSR count). The van der Waals surface area contributed by atoms with Crippen LogP contribution in [0.15, 0.2) is 42.7 Å². The number of halogens is 2. The first kappa shape index (κ1) is 11.4. The van der Waals surface area contributed by atoms with Gasteiger partial charge in [0, 0.05) is 22.2 Å². The van der Waals surface area contributed by atoms with E-state index in [1.54, 1.807) is 6.07 Å². The molecule has 0 spiro atoms. The van der Waals surface area contributed by atoms with E-state index in [1.807, 2.05) is 24.4 Å². The van der Waals surface area contributed by atoms with Crippen LogP contribution in [0.4, 0.5) is 0 Å². The molecule has 0 N–H and O–H groups in total. The minimum absolute atomic E-state index is 0.669. The smallest absolute Gasteiger partial charge is 0.175 e. The number of aryl methyl sites for hydroxylation is 1. The Morgan fingerprint density at radius 3 is 2.69 bits per heavy atom. The highest BCUT2D eigenvalue weighted by atomic mass is 35.5. The van der Waals surface area contributed by atoms with E-state index in [1.165, 1.54) is 5.56 Å². The van der Waals surface area contributed by atoms with Crippen LogP contribution in [0.3, 0.4) is 0 Å². The largest absolute Gasteiger partial charge is 0.200 e. The first-order valence-electron chi connectivity index (χ1n) is 5.05. The van der Waals surface area contributed by atoms with Gasteiger partial charge in [0.1, 0.15) is 0 Å². The van der Waals surface area contributed by atoms with E-state index in [9.17, 15) is 0 Å². The molecule has 82 valence electrons. The number of hydrogen-bond acceptors (Lipinski definition) is 0. The van der Waals surface area contributed by atoms with E-state index < -0.39 is 0 Å². The van der Waals surface area contributed by atoms with E-state index >= 15 is 0 Å². The molecule has 0 amide bonds. The van der Waals surface area contributed by atoms with E-state index in [4.69, 9.17) is 23.2 Å². The molecular formula is C13H12Cl2N+. The summed E-state index contributed by atoms with van der Waals surface area (Å²) in [4.78, 5) is 0. The van der Waals surface area contributed by atoms with Gasteiger partial charge in [-0.3, -0.25) is 0 Å². The maximum Gasteiger partial charge on any atom is 0.175 e. The standard InChI is InChI=1S/C13H12Cl2N/c1-10-3-2-6-16(8-10)9-11-4-5-12(14)7-13(11)15/h2-8H,9H2,1H3/q+1. The van der Waals surface area contributed by atoms with E-state index in [-0.39, 0.29) is 0 Å². The lowest BCUT2D eigenvalue weighted by Crippen LogP contribution is -2.33. The van der Waals surface area contributed by atoms with Gasteiger partial charge in [-0.25, -0.2) is 4.57 Å². The number of hydrogen-bond donors (Lipinski definition) is 0. The van der Waals surface area contributed by atoms with Crippen molar-refractivity contribution in [3.05, 3.63) is 63.9 Å². The van der Waals surface area contributed by atoms with Crippen LogP contribution < -0.4 is 4.57 Å². The summed E-state index contributed by atoms with van der Waals surface area (Å²) in [5, 5.41) is 1.38. The molecule has 0 atom stereocenters. The predicted octanol–water partition coefficient (Wildman–Crippen LogP) is 3.64. The Balaban J connectivity index is 2.27. The normalized spacial score (nSPS) is 10.4. The van der Waals surface area contributed by atoms with Crippen molar-refractivity contribution in [2.75, 3.05) is 0 Å². The van der Waals surface area contributed by atoms with Gasteiger partial charge < -0.3 is 0 Å². The zero-order valence-electron chi connectivity index (χ0n) is 8.95. The molecule has 0 saturated heterocycles. The van der Waals surface area contributed by atoms with Crippen LogP contribution in [0, 0.1) is 6.92 Å². The number of benzene rings is 1. The lowest BCUT2D eigenvalue weighted by atomic mass is 10.2. The van der Waals surface area contributed by atoms with Gasteiger partial charge in [0.25, 0.3) is 0 Å². The molecule has 0 fully saturated rings. The lowest BCUT2D eigenvalue weighted by molar-refractivity contribution is -0.688. The summed E-state index contributed by atoms with van der Waals surface area (Å²) in [5.74, 6) is 0. The molecule has 1 heterocycles. The Hall–Kier alpha value is -1.05. The second-order valence-corrected chi connectivity index (χ2v) is 4.63. The highest BCUT2D eigenvalue weighted by molar-refractivity contribution is 6.35. The first-order chi connectivity index (χ1) is 7.65. The fourth-order valence-electron chi connectivity index (χ4n) is 1.60. The van der Waals surface area contributed by atoms with Crippen molar-refractivity contribution < 1.29 is 4.57 Å². The van der Waals surface area contributed by atoms with E-state index in [0.29, 0.717) is 10.0 Å². The molecule has 1 aromatic carbocycles. The molecule has 1 aromatic heterocycles. The van der Waals surface area contributed by atoms with Crippen LogP contribution in [0.25, 0.3) is 0 Å². The van der Waals surface area contributed by atoms with E-state index in [2.05, 4.69) is 23.8 Å². The maximum absolute atomic E-state index is 6.12. The van der Waals surface area contributed by atoms with Gasteiger partial charge in [-0.1, -0.05) is 23.2 Å². The topological polar surface area (TPSA) is 3.88 Å². The fraction of sp³-hybridized carbons (Fsp3) is 0.154. The third-order valence-corrected chi connectivity index (χ3v) is 2.96. The van der Waals surface area contributed by atoms with Crippen LogP contribution >= 0.6 is 23.2 Å². The molecule has 0 aliphatic rings. The summed E-state index contributed by atoms with van der Waals surface area (Å²) in [6.07, 6.45) is 4.11. The predicted molar refractivity (Wildman–Crippen MR) is 66.9 cm³/mol. The van der Waals surface area contributed by atoms with Gasteiger partial charge in [0.15, 0.2) is 18.9 Å². The molecule has 0 bridgehead atoms. The average Bonchev–Trinajstić information content (AvgIpc) is 2.22. The van der Waals surface area contributed by atoms with Gasteiger partial charge in [-0.15, -0.1) is 0 Å². The summed E-state index contributed by atoms with van der Waals surface area (Å²) < 4.78 is 2.10. The van der Waals surface area contributed by atoms with Gasteiger partial charge in [-0.2, -0.15) is 0 Å². The van der Waals surface area contributed by atoms with Crippen molar-refractivity contribution in [1.82, 2.24) is 0 Å². The molecule has 1 nitrogen and oxygen atoms in total. The molecule has 0 saturated carbocycles. The number of nitrogens with zero attached hydrogens (tertiary/aromatic N) is 1. The molecular weight excluding hydrogens is 241 g/mol. The van der Waals surface area contributed by atoms with Crippen LogP contribution in [-0.4, -0.2) is 0 Å². The van der Waals surface area contributed by atoms with Crippen LogP contribution in [0.2, 0.25) is 10.0 Å². The number of rotatable bonds is 2. The minimum Gasteiger partial charge on any atom is -0.200 e. The molecule has 16 heavy (non-hydrogen) atoms. The molecule has 0 radical (unpaired) electrons. The van der Waals surface area contributed by atoms with Crippen molar-refractivity contribution in [2.24, 2.45) is 0 Å². The monoisotopic (exact) mass is 252 g/mol. The van der Waals surface area contributed by atoms with Crippen molar-refractivity contribution >= 4 is 23.2 Å². The Labute approximate surface area is 105 Å². The first-order valence-corrected chi connectivity index (χ1v) is 5.80. The molecule has 0 aliphatic heterocycles. The highest BCUT2D eigenvalue weighted by Gasteiger charge is 2.07. The zero-order chi connectivity index (χ0) is 11.5. The average molecular weight is 253 g/mol. The Morgan fingerprint density at radius 1 is 1.19 bits per heavy atom. The van der Waals surface area contributed by atoms with Crippen molar-refractivity contribution in [2.45, 2.75) is 13.5 Å². The number of pyridine rings is 1. The zero-order valence-corrected chi connectivity index (χ0v) is 10.5. The molecule has 0 unspecified atom stereocenters.